The largest absolute Gasteiger partial charge is 0.309 e. The van der Waals surface area contributed by atoms with Gasteiger partial charge in [-0.05, 0) is 328 Å². The first-order valence-electron chi connectivity index (χ1n) is 43.0. The van der Waals surface area contributed by atoms with Crippen LogP contribution in [0.4, 0.5) is 0 Å². The zero-order valence-corrected chi connectivity index (χ0v) is 67.4. The zero-order valence-electron chi connectivity index (χ0n) is 67.4. The average Bonchev–Trinajstić information content (AvgIpc) is 1.25. The van der Waals surface area contributed by atoms with Crippen LogP contribution in [-0.4, -0.2) is 18.3 Å². The Labute approximate surface area is 712 Å². The Kier molecular flexibility index (Phi) is 14.7. The highest BCUT2D eigenvalue weighted by Crippen LogP contribution is 2.47. The first-order valence-corrected chi connectivity index (χ1v) is 43.0. The van der Waals surface area contributed by atoms with Crippen molar-refractivity contribution >= 4 is 195 Å². The maximum atomic E-state index is 2.50. The lowest BCUT2D eigenvalue weighted by Gasteiger charge is -2.15. The van der Waals surface area contributed by atoms with Crippen LogP contribution < -0.4 is 0 Å². The number of nitrogens with zero attached hydrogens (tertiary/aromatic N) is 4. The van der Waals surface area contributed by atoms with Gasteiger partial charge in [-0.3, -0.25) is 0 Å². The maximum absolute atomic E-state index is 2.50. The van der Waals surface area contributed by atoms with Crippen LogP contribution in [0.1, 0.15) is 0 Å². The highest BCUT2D eigenvalue weighted by Gasteiger charge is 2.23. The highest BCUT2D eigenvalue weighted by atomic mass is 15.0. The maximum Gasteiger partial charge on any atom is 0.0541 e. The van der Waals surface area contributed by atoms with Gasteiger partial charge < -0.3 is 18.3 Å². The van der Waals surface area contributed by atoms with E-state index in [1.807, 2.05) is 0 Å². The standard InChI is InChI=1S/C120H72N4/c1-4-24-89(25-5-1)121-113-51-40-81-65-105(113)106-66-82(41-52-114(106)121)84-43-54-116-108(68-84)110-70-86(45-56-118(110)123(116)91-28-8-3-9-29-91)88-47-58-120-112(72-88)111-71-87(85-44-55-117-109(69-85)107-67-83(81)42-53-115(107)122(117)90-26-6-2-7-27-90)46-57-119(111)124(120)92-30-18-23-77(61-92)80-39-50-101-103(64-80)98-36-15-13-34-96(98)100-49-38-79(63-104(100)101)76-22-17-20-74(60-76)73-19-16-21-75(59-73)78-37-48-99-95-33-11-10-31-93(95)94-32-12-14-35-97(94)102(99)62-78/h1-72H. The van der Waals surface area contributed by atoms with E-state index in [0.29, 0.717) is 0 Å². The molecule has 0 N–H and O–H groups in total. The van der Waals surface area contributed by atoms with E-state index in [9.17, 15) is 0 Å². The lowest BCUT2D eigenvalue weighted by molar-refractivity contribution is 1.18. The van der Waals surface area contributed by atoms with Crippen LogP contribution >= 0.6 is 0 Å². The number of hydrogen-bond acceptors (Lipinski definition) is 0. The second-order valence-corrected chi connectivity index (χ2v) is 33.8. The van der Waals surface area contributed by atoms with E-state index in [0.717, 1.165) is 88.5 Å². The van der Waals surface area contributed by atoms with Gasteiger partial charge in [-0.15, -0.1) is 0 Å². The van der Waals surface area contributed by atoms with Crippen LogP contribution in [0.25, 0.3) is 262 Å². The normalized spacial score (nSPS) is 12.2. The molecule has 23 aromatic carbocycles. The van der Waals surface area contributed by atoms with Crippen LogP contribution in [0.2, 0.25) is 0 Å². The minimum absolute atomic E-state index is 1.10. The smallest absolute Gasteiger partial charge is 0.0541 e. The van der Waals surface area contributed by atoms with Crippen molar-refractivity contribution in [2.24, 2.45) is 0 Å². The third kappa shape index (κ3) is 10.4. The monoisotopic (exact) mass is 1570 g/mol. The first kappa shape index (κ1) is 68.5. The molecule has 0 aliphatic heterocycles. The summed E-state index contributed by atoms with van der Waals surface area (Å²) in [7, 11) is 0. The van der Waals surface area contributed by atoms with Gasteiger partial charge in [0.1, 0.15) is 0 Å². The second-order valence-electron chi connectivity index (χ2n) is 33.8. The molecule has 4 nitrogen and oxygen atoms in total. The molecule has 0 amide bonds. The molecular weight excluding hydrogens is 1500 g/mol. The summed E-state index contributed by atoms with van der Waals surface area (Å²) in [5, 5.41) is 34.1. The van der Waals surface area contributed by atoms with Gasteiger partial charge in [0.15, 0.2) is 0 Å². The Balaban J connectivity index is 0.623. The summed E-state index contributed by atoms with van der Waals surface area (Å²) in [6.45, 7) is 0. The lowest BCUT2D eigenvalue weighted by atomic mass is 9.89. The molecule has 27 aromatic rings. The van der Waals surface area contributed by atoms with Gasteiger partial charge in [0, 0.05) is 65.8 Å². The van der Waals surface area contributed by atoms with Crippen molar-refractivity contribution in [2.45, 2.75) is 0 Å². The summed E-state index contributed by atoms with van der Waals surface area (Å²) in [4.78, 5) is 0. The van der Waals surface area contributed by atoms with Crippen molar-refractivity contribution in [3.63, 3.8) is 0 Å². The predicted octanol–water partition coefficient (Wildman–Crippen LogP) is 32.8. The van der Waals surface area contributed by atoms with Gasteiger partial charge >= 0.3 is 0 Å². The number of hydrogen-bond donors (Lipinski definition) is 0. The van der Waals surface area contributed by atoms with Crippen LogP contribution in [0, 0.1) is 0 Å². The molecule has 0 atom stereocenters. The van der Waals surface area contributed by atoms with Crippen molar-refractivity contribution in [3.8, 4) is 67.3 Å². The molecule has 0 unspecified atom stereocenters. The summed E-state index contributed by atoms with van der Waals surface area (Å²) in [5.41, 5.74) is 23.2. The van der Waals surface area contributed by atoms with Crippen LogP contribution in [0.5, 0.6) is 0 Å². The van der Waals surface area contributed by atoms with E-state index in [1.54, 1.807) is 0 Å². The topological polar surface area (TPSA) is 19.7 Å². The summed E-state index contributed by atoms with van der Waals surface area (Å²) in [5.74, 6) is 0. The summed E-state index contributed by atoms with van der Waals surface area (Å²) < 4.78 is 9.82. The lowest BCUT2D eigenvalue weighted by Crippen LogP contribution is -1.94. The molecule has 124 heavy (non-hydrogen) atoms. The summed E-state index contributed by atoms with van der Waals surface area (Å²) in [6, 6.07) is 165. The van der Waals surface area contributed by atoms with Gasteiger partial charge in [0.05, 0.1) is 44.1 Å². The fourth-order valence-corrected chi connectivity index (χ4v) is 21.4. The van der Waals surface area contributed by atoms with E-state index in [1.165, 1.54) is 174 Å². The molecule has 0 saturated heterocycles. The predicted molar refractivity (Wildman–Crippen MR) is 529 cm³/mol. The molecule has 4 heteroatoms. The van der Waals surface area contributed by atoms with Gasteiger partial charge in [-0.1, -0.05) is 261 Å². The molecule has 4 aromatic heterocycles. The van der Waals surface area contributed by atoms with Crippen molar-refractivity contribution < 1.29 is 0 Å². The number of benzene rings is 22. The number of para-hydroxylation sites is 3. The molecule has 572 valence electrons. The highest BCUT2D eigenvalue weighted by molar-refractivity contribution is 6.29. The molecule has 16 bridgehead atoms. The van der Waals surface area contributed by atoms with E-state index < -0.39 is 0 Å². The van der Waals surface area contributed by atoms with E-state index in [-0.39, 0.29) is 0 Å². The first-order chi connectivity index (χ1) is 61.4. The Hall–Kier alpha value is -16.4. The third-order valence-corrected chi connectivity index (χ3v) is 27.2. The molecule has 0 radical (unpaired) electrons. The van der Waals surface area contributed by atoms with Crippen molar-refractivity contribution in [1.82, 2.24) is 18.3 Å². The van der Waals surface area contributed by atoms with E-state index in [2.05, 4.69) is 455 Å². The van der Waals surface area contributed by atoms with Crippen LogP contribution in [-0.2, 0) is 0 Å². The Morgan fingerprint density at radius 2 is 0.282 bits per heavy atom. The summed E-state index contributed by atoms with van der Waals surface area (Å²) in [6.07, 6.45) is 0. The Bertz CT molecular complexity index is 9040. The Morgan fingerprint density at radius 3 is 0.540 bits per heavy atom. The van der Waals surface area contributed by atoms with Crippen LogP contribution in [0.3, 0.4) is 0 Å². The molecule has 0 spiro atoms. The van der Waals surface area contributed by atoms with Crippen molar-refractivity contribution in [1.29, 1.82) is 0 Å². The average molecular weight is 1570 g/mol. The molecule has 0 aliphatic rings. The minimum atomic E-state index is 1.10. The van der Waals surface area contributed by atoms with Crippen molar-refractivity contribution in [2.75, 3.05) is 0 Å². The van der Waals surface area contributed by atoms with Crippen molar-refractivity contribution in [3.05, 3.63) is 437 Å². The van der Waals surface area contributed by atoms with Crippen LogP contribution in [0.15, 0.2) is 437 Å². The zero-order chi connectivity index (χ0) is 80.9. The SMILES string of the molecule is c1ccc(-n2c3ccc4cc3c3cc(ccc32)c2ccc3c(c2)c2cc(ccc2n3-c2ccccc2)c2ccc3c(c2)c2cc(ccc2n3-c2cccc(-c3ccc5c6cc(-c7cccc(-c8cccc(-c9ccc%10c%11ccccc%11c%11ccccc%11c%10c9)c8)c7)ccc6c6ccccc6c5c3)c2)c2ccc3c(c2)c2cc4ccc2n3-c2ccccc2)cc1. The minimum Gasteiger partial charge on any atom is -0.309 e. The van der Waals surface area contributed by atoms with Gasteiger partial charge in [0.2, 0.25) is 0 Å². The molecule has 0 fully saturated rings. The van der Waals surface area contributed by atoms with Gasteiger partial charge in [-0.25, -0.2) is 0 Å². The fourth-order valence-electron chi connectivity index (χ4n) is 21.4. The Morgan fingerprint density at radius 1 is 0.0968 bits per heavy atom. The second kappa shape index (κ2) is 26.5. The van der Waals surface area contributed by atoms with E-state index in [4.69, 9.17) is 0 Å². The number of fused-ring (bicyclic) bond motifs is 24. The molecule has 27 rings (SSSR count). The molecule has 4 heterocycles. The quantitative estimate of drug-likeness (QED) is 0.135. The van der Waals surface area contributed by atoms with Gasteiger partial charge in [-0.2, -0.15) is 0 Å². The molecular formula is C120H72N4. The number of aromatic nitrogens is 4. The molecule has 0 aliphatic carbocycles. The molecule has 0 saturated carbocycles. The van der Waals surface area contributed by atoms with Gasteiger partial charge in [0.25, 0.3) is 0 Å². The summed E-state index contributed by atoms with van der Waals surface area (Å²) >= 11 is 0. The van der Waals surface area contributed by atoms with E-state index >= 15 is 0 Å². The fraction of sp³-hybridized carbons (Fsp3) is 0. The number of rotatable bonds is 8. The third-order valence-electron chi connectivity index (χ3n) is 27.2.